The molecule has 0 aliphatic carbocycles. The Kier molecular flexibility index (Phi) is 9.49. The summed E-state index contributed by atoms with van der Waals surface area (Å²) >= 11 is 0. The topological polar surface area (TPSA) is 116 Å². The van der Waals surface area contributed by atoms with Crippen molar-refractivity contribution >= 4 is 16.1 Å². The summed E-state index contributed by atoms with van der Waals surface area (Å²) in [6.07, 6.45) is -1.61. The van der Waals surface area contributed by atoms with E-state index in [4.69, 9.17) is 4.74 Å². The van der Waals surface area contributed by atoms with Crippen molar-refractivity contribution in [2.45, 2.75) is 63.7 Å². The molecule has 0 unspecified atom stereocenters. The number of hydrogen-bond acceptors (Lipinski definition) is 6. The largest absolute Gasteiger partial charge is 0.508 e. The number of amides is 1. The molecule has 0 aliphatic heterocycles. The van der Waals surface area contributed by atoms with Gasteiger partial charge in [-0.1, -0.05) is 44.2 Å². The van der Waals surface area contributed by atoms with Gasteiger partial charge in [0.05, 0.1) is 17.0 Å². The molecule has 0 aliphatic rings. The van der Waals surface area contributed by atoms with Crippen molar-refractivity contribution in [3.8, 4) is 5.75 Å². The predicted octanol–water partition coefficient (Wildman–Crippen LogP) is 3.54. The number of aliphatic hydroxyl groups excluding tert-OH is 1. The average Bonchev–Trinajstić information content (AvgIpc) is 2.72. The van der Waals surface area contributed by atoms with Gasteiger partial charge in [0.15, 0.2) is 0 Å². The molecule has 0 saturated heterocycles. The number of sulfonamides is 1. The summed E-state index contributed by atoms with van der Waals surface area (Å²) in [5.41, 5.74) is 0.150. The Morgan fingerprint density at radius 3 is 2.15 bits per heavy atom. The highest BCUT2D eigenvalue weighted by Gasteiger charge is 2.32. The molecule has 0 saturated carbocycles. The third-order valence-electron chi connectivity index (χ3n) is 4.90. The molecule has 2 aromatic rings. The first-order valence-corrected chi connectivity index (χ1v) is 12.7. The van der Waals surface area contributed by atoms with E-state index in [2.05, 4.69) is 5.32 Å². The van der Waals surface area contributed by atoms with Crippen molar-refractivity contribution in [3.05, 3.63) is 60.2 Å². The molecule has 0 heterocycles. The number of ether oxygens (including phenoxy) is 1. The van der Waals surface area contributed by atoms with E-state index in [1.807, 2.05) is 44.2 Å². The molecule has 1 amide bonds. The van der Waals surface area contributed by atoms with Crippen LogP contribution >= 0.6 is 0 Å². The van der Waals surface area contributed by atoms with Crippen molar-refractivity contribution in [2.75, 3.05) is 13.1 Å². The van der Waals surface area contributed by atoms with Crippen LogP contribution in [0.3, 0.4) is 0 Å². The van der Waals surface area contributed by atoms with Gasteiger partial charge in [-0.15, -0.1) is 0 Å². The first-order chi connectivity index (χ1) is 15.8. The fourth-order valence-corrected chi connectivity index (χ4v) is 5.01. The normalized spacial score (nSPS) is 14.1. The Balaban J connectivity index is 2.30. The molecule has 8 nitrogen and oxygen atoms in total. The second kappa shape index (κ2) is 11.7. The van der Waals surface area contributed by atoms with E-state index in [9.17, 15) is 23.4 Å². The number of aliphatic hydroxyl groups is 1. The van der Waals surface area contributed by atoms with Crippen LogP contribution < -0.4 is 5.32 Å². The number of aromatic hydroxyl groups is 1. The molecule has 34 heavy (non-hydrogen) atoms. The van der Waals surface area contributed by atoms with Gasteiger partial charge in [-0.3, -0.25) is 0 Å². The molecule has 0 bridgehead atoms. The van der Waals surface area contributed by atoms with Gasteiger partial charge in [0.2, 0.25) is 10.0 Å². The highest BCUT2D eigenvalue weighted by molar-refractivity contribution is 7.89. The summed E-state index contributed by atoms with van der Waals surface area (Å²) in [5.74, 6) is -0.0515. The number of hydrogen-bond donors (Lipinski definition) is 3. The minimum atomic E-state index is -3.95. The number of phenols is 1. The Morgan fingerprint density at radius 1 is 1.03 bits per heavy atom. The van der Waals surface area contributed by atoms with E-state index in [0.717, 1.165) is 5.56 Å². The zero-order valence-corrected chi connectivity index (χ0v) is 21.2. The Hall–Kier alpha value is -2.62. The van der Waals surface area contributed by atoms with E-state index in [-0.39, 0.29) is 36.1 Å². The van der Waals surface area contributed by atoms with E-state index in [0.29, 0.717) is 0 Å². The van der Waals surface area contributed by atoms with Crippen LogP contribution in [0.1, 0.15) is 40.2 Å². The van der Waals surface area contributed by atoms with Crippen molar-refractivity contribution < 1.29 is 28.2 Å². The number of carbonyl (C=O) groups excluding carboxylic acids is 1. The molecule has 0 spiro atoms. The quantitative estimate of drug-likeness (QED) is 0.467. The van der Waals surface area contributed by atoms with Crippen LogP contribution in [0.2, 0.25) is 0 Å². The van der Waals surface area contributed by atoms with Crippen LogP contribution in [0.4, 0.5) is 4.79 Å². The minimum absolute atomic E-state index is 0.00882. The van der Waals surface area contributed by atoms with E-state index in [1.165, 1.54) is 28.6 Å². The van der Waals surface area contributed by atoms with Crippen LogP contribution in [-0.2, 0) is 21.2 Å². The predicted molar refractivity (Wildman–Crippen MR) is 131 cm³/mol. The number of nitrogens with zero attached hydrogens (tertiary/aromatic N) is 1. The number of nitrogens with one attached hydrogen (secondary N) is 1. The zero-order chi connectivity index (χ0) is 25.5. The smallest absolute Gasteiger partial charge is 0.407 e. The Morgan fingerprint density at radius 2 is 1.62 bits per heavy atom. The molecular formula is C25H36N2O6S. The number of phenolic OH excluding ortho intramolecular Hbond substituents is 1. The molecule has 0 radical (unpaired) electrons. The molecule has 2 rings (SSSR count). The molecular weight excluding hydrogens is 456 g/mol. The van der Waals surface area contributed by atoms with Gasteiger partial charge in [0, 0.05) is 13.1 Å². The molecule has 3 N–H and O–H groups in total. The first kappa shape index (κ1) is 27.6. The van der Waals surface area contributed by atoms with Crippen LogP contribution in [0.15, 0.2) is 59.5 Å². The monoisotopic (exact) mass is 492 g/mol. The lowest BCUT2D eigenvalue weighted by atomic mass is 10.0. The van der Waals surface area contributed by atoms with Gasteiger partial charge in [0.1, 0.15) is 11.4 Å². The third kappa shape index (κ3) is 8.62. The third-order valence-corrected chi connectivity index (χ3v) is 6.74. The van der Waals surface area contributed by atoms with Gasteiger partial charge in [0.25, 0.3) is 0 Å². The standard InChI is InChI=1S/C25H36N2O6S/c1-18(2)16-27(34(31,32)21-13-11-20(28)12-14-21)17-23(29)22(15-19-9-7-6-8-10-19)26-24(30)33-25(3,4)5/h6-14,18,22-23,28-29H,15-17H2,1-5H3,(H,26,30)/t22-,23+/m0/s1. The summed E-state index contributed by atoms with van der Waals surface area (Å²) in [6.45, 7) is 8.93. The lowest BCUT2D eigenvalue weighted by Gasteiger charge is -2.31. The Bertz CT molecular complexity index is 1020. The maximum Gasteiger partial charge on any atom is 0.407 e. The minimum Gasteiger partial charge on any atom is -0.508 e. The summed E-state index contributed by atoms with van der Waals surface area (Å²) in [5, 5.41) is 23.4. The van der Waals surface area contributed by atoms with Gasteiger partial charge in [-0.05, 0) is 62.9 Å². The average molecular weight is 493 g/mol. The molecule has 0 fully saturated rings. The maximum atomic E-state index is 13.3. The summed E-state index contributed by atoms with van der Waals surface area (Å²) in [4.78, 5) is 12.5. The molecule has 2 aromatic carbocycles. The van der Waals surface area contributed by atoms with Crippen LogP contribution in [0.25, 0.3) is 0 Å². The van der Waals surface area contributed by atoms with Crippen molar-refractivity contribution in [1.82, 2.24) is 9.62 Å². The zero-order valence-electron chi connectivity index (χ0n) is 20.4. The van der Waals surface area contributed by atoms with Crippen LogP contribution in [0.5, 0.6) is 5.75 Å². The molecule has 188 valence electrons. The number of carbonyl (C=O) groups is 1. The van der Waals surface area contributed by atoms with E-state index >= 15 is 0 Å². The molecule has 9 heteroatoms. The fourth-order valence-electron chi connectivity index (χ4n) is 3.39. The summed E-state index contributed by atoms with van der Waals surface area (Å²) in [6, 6.07) is 13.8. The highest BCUT2D eigenvalue weighted by Crippen LogP contribution is 2.21. The van der Waals surface area contributed by atoms with Gasteiger partial charge in [-0.25, -0.2) is 13.2 Å². The van der Waals surface area contributed by atoms with Gasteiger partial charge >= 0.3 is 6.09 Å². The SMILES string of the molecule is CC(C)CN(C[C@@H](O)[C@H](Cc1ccccc1)NC(=O)OC(C)(C)C)S(=O)(=O)c1ccc(O)cc1. The number of rotatable bonds is 10. The van der Waals surface area contributed by atoms with Crippen molar-refractivity contribution in [1.29, 1.82) is 0 Å². The number of alkyl carbamates (subject to hydrolysis) is 1. The van der Waals surface area contributed by atoms with Crippen molar-refractivity contribution in [3.63, 3.8) is 0 Å². The van der Waals surface area contributed by atoms with Crippen LogP contribution in [-0.4, -0.2) is 59.9 Å². The Labute approximate surface area is 202 Å². The van der Waals surface area contributed by atoms with E-state index < -0.39 is 33.9 Å². The fraction of sp³-hybridized carbons (Fsp3) is 0.480. The van der Waals surface area contributed by atoms with E-state index in [1.54, 1.807) is 20.8 Å². The highest BCUT2D eigenvalue weighted by atomic mass is 32.2. The van der Waals surface area contributed by atoms with Crippen LogP contribution in [0, 0.1) is 5.92 Å². The maximum absolute atomic E-state index is 13.3. The van der Waals surface area contributed by atoms with Gasteiger partial charge < -0.3 is 20.3 Å². The van der Waals surface area contributed by atoms with Gasteiger partial charge in [-0.2, -0.15) is 4.31 Å². The molecule has 0 aromatic heterocycles. The summed E-state index contributed by atoms with van der Waals surface area (Å²) in [7, 11) is -3.95. The van der Waals surface area contributed by atoms with Crippen molar-refractivity contribution in [2.24, 2.45) is 5.92 Å². The lowest BCUT2D eigenvalue weighted by molar-refractivity contribution is 0.0400. The second-order valence-electron chi connectivity index (χ2n) is 9.72. The lowest BCUT2D eigenvalue weighted by Crippen LogP contribution is -2.51. The number of benzene rings is 2. The molecule has 2 atom stereocenters. The first-order valence-electron chi connectivity index (χ1n) is 11.3. The summed E-state index contributed by atoms with van der Waals surface area (Å²) < 4.78 is 33.2. The second-order valence-corrected chi connectivity index (χ2v) is 11.7.